The maximum Gasteiger partial charge on any atom is 0.152 e. The molecule has 3 rings (SSSR count). The van der Waals surface area contributed by atoms with Gasteiger partial charge in [0.25, 0.3) is 0 Å². The number of ether oxygens (including phenoxy) is 1. The molecule has 0 radical (unpaired) electrons. The molecule has 0 spiro atoms. The molecule has 98 valence electrons. The van der Waals surface area contributed by atoms with Gasteiger partial charge in [-0.1, -0.05) is 15.9 Å². The van der Waals surface area contributed by atoms with E-state index >= 15 is 0 Å². The molecule has 2 aliphatic rings. The van der Waals surface area contributed by atoms with Gasteiger partial charge in [0.15, 0.2) is 5.67 Å². The van der Waals surface area contributed by atoms with Gasteiger partial charge in [-0.25, -0.2) is 8.78 Å². The van der Waals surface area contributed by atoms with Crippen LogP contribution in [0.3, 0.4) is 0 Å². The summed E-state index contributed by atoms with van der Waals surface area (Å²) >= 11 is 3.27. The van der Waals surface area contributed by atoms with Crippen molar-refractivity contribution in [2.24, 2.45) is 0 Å². The first kappa shape index (κ1) is 12.5. The standard InChI is InChI=1S/C13H14BrF2NO/c14-9-1-2-12(15)11(5-9)13(16)3-4-17(8-13)10-6-18-7-10/h1-2,5,10H,3-4,6-8H2/t13-/m1/s1. The fourth-order valence-electron chi connectivity index (χ4n) is 2.61. The lowest BCUT2D eigenvalue weighted by atomic mass is 9.94. The Labute approximate surface area is 113 Å². The zero-order valence-electron chi connectivity index (χ0n) is 9.83. The molecule has 0 amide bonds. The van der Waals surface area contributed by atoms with Gasteiger partial charge in [-0.3, -0.25) is 4.90 Å². The maximum absolute atomic E-state index is 14.9. The van der Waals surface area contributed by atoms with E-state index in [4.69, 9.17) is 4.74 Å². The minimum atomic E-state index is -1.58. The molecule has 5 heteroatoms. The molecule has 2 saturated heterocycles. The Morgan fingerprint density at radius 1 is 1.39 bits per heavy atom. The van der Waals surface area contributed by atoms with Gasteiger partial charge >= 0.3 is 0 Å². The lowest BCUT2D eigenvalue weighted by Crippen LogP contribution is -2.48. The van der Waals surface area contributed by atoms with Crippen molar-refractivity contribution in [3.8, 4) is 0 Å². The van der Waals surface area contributed by atoms with E-state index in [0.717, 1.165) is 0 Å². The van der Waals surface area contributed by atoms with Crippen LogP contribution in [0.25, 0.3) is 0 Å². The third-order valence-corrected chi connectivity index (χ3v) is 4.29. The van der Waals surface area contributed by atoms with Crippen LogP contribution in [0.4, 0.5) is 8.78 Å². The Morgan fingerprint density at radius 2 is 2.17 bits per heavy atom. The number of hydrogen-bond donors (Lipinski definition) is 0. The average Bonchev–Trinajstić information content (AvgIpc) is 2.63. The van der Waals surface area contributed by atoms with E-state index in [0.29, 0.717) is 36.7 Å². The molecule has 2 heterocycles. The number of hydrogen-bond acceptors (Lipinski definition) is 2. The van der Waals surface area contributed by atoms with Crippen molar-refractivity contribution in [1.29, 1.82) is 0 Å². The van der Waals surface area contributed by atoms with Crippen molar-refractivity contribution in [1.82, 2.24) is 4.90 Å². The van der Waals surface area contributed by atoms with Crippen molar-refractivity contribution in [3.05, 3.63) is 34.1 Å². The van der Waals surface area contributed by atoms with Crippen LogP contribution in [-0.4, -0.2) is 37.2 Å². The van der Waals surface area contributed by atoms with Gasteiger partial charge in [0.2, 0.25) is 0 Å². The van der Waals surface area contributed by atoms with E-state index in [1.165, 1.54) is 6.07 Å². The van der Waals surface area contributed by atoms with Crippen molar-refractivity contribution in [2.45, 2.75) is 18.1 Å². The fraction of sp³-hybridized carbons (Fsp3) is 0.538. The van der Waals surface area contributed by atoms with Crippen LogP contribution in [0.1, 0.15) is 12.0 Å². The van der Waals surface area contributed by atoms with Crippen molar-refractivity contribution < 1.29 is 13.5 Å². The molecule has 1 atom stereocenters. The molecule has 18 heavy (non-hydrogen) atoms. The third-order valence-electron chi connectivity index (χ3n) is 3.80. The largest absolute Gasteiger partial charge is 0.378 e. The average molecular weight is 318 g/mol. The molecule has 0 saturated carbocycles. The molecule has 2 fully saturated rings. The molecule has 0 aromatic heterocycles. The second-order valence-electron chi connectivity index (χ2n) is 5.00. The quantitative estimate of drug-likeness (QED) is 0.831. The highest BCUT2D eigenvalue weighted by atomic mass is 79.9. The van der Waals surface area contributed by atoms with E-state index in [-0.39, 0.29) is 12.1 Å². The highest BCUT2D eigenvalue weighted by molar-refractivity contribution is 9.10. The smallest absolute Gasteiger partial charge is 0.152 e. The van der Waals surface area contributed by atoms with Crippen LogP contribution in [0.15, 0.2) is 22.7 Å². The summed E-state index contributed by atoms with van der Waals surface area (Å²) in [5.74, 6) is -0.465. The molecule has 0 bridgehead atoms. The predicted octanol–water partition coefficient (Wildman–Crippen LogP) is 2.86. The first-order chi connectivity index (χ1) is 8.58. The van der Waals surface area contributed by atoms with E-state index in [9.17, 15) is 8.78 Å². The molecule has 1 aromatic rings. The molecule has 1 aromatic carbocycles. The second kappa shape index (κ2) is 4.54. The third kappa shape index (κ3) is 2.08. The van der Waals surface area contributed by atoms with Gasteiger partial charge in [0, 0.05) is 23.1 Å². The number of rotatable bonds is 2. The lowest BCUT2D eigenvalue weighted by molar-refractivity contribution is -0.0615. The summed E-state index contributed by atoms with van der Waals surface area (Å²) in [6.07, 6.45) is 0.344. The van der Waals surface area contributed by atoms with Gasteiger partial charge in [-0.15, -0.1) is 0 Å². The SMILES string of the molecule is Fc1ccc(Br)cc1[C@@]1(F)CCN(C2COC2)C1. The van der Waals surface area contributed by atoms with Crippen LogP contribution in [0.2, 0.25) is 0 Å². The van der Waals surface area contributed by atoms with Gasteiger partial charge in [0.05, 0.1) is 19.3 Å². The highest BCUT2D eigenvalue weighted by Crippen LogP contribution is 2.39. The van der Waals surface area contributed by atoms with Crippen LogP contribution in [0.5, 0.6) is 0 Å². The van der Waals surface area contributed by atoms with E-state index in [1.54, 1.807) is 12.1 Å². The zero-order valence-corrected chi connectivity index (χ0v) is 11.4. The Kier molecular flexibility index (Phi) is 3.16. The summed E-state index contributed by atoms with van der Waals surface area (Å²) in [6, 6.07) is 4.76. The monoisotopic (exact) mass is 317 g/mol. The van der Waals surface area contributed by atoms with E-state index < -0.39 is 11.5 Å². The number of nitrogens with zero attached hydrogens (tertiary/aromatic N) is 1. The molecular weight excluding hydrogens is 304 g/mol. The van der Waals surface area contributed by atoms with Crippen LogP contribution < -0.4 is 0 Å². The molecule has 0 N–H and O–H groups in total. The zero-order chi connectivity index (χ0) is 12.8. The lowest BCUT2D eigenvalue weighted by Gasteiger charge is -2.35. The first-order valence-corrected chi connectivity index (χ1v) is 6.84. The summed E-state index contributed by atoms with van der Waals surface area (Å²) in [6.45, 7) is 2.25. The van der Waals surface area contributed by atoms with Gasteiger partial charge in [-0.2, -0.15) is 0 Å². The number of benzene rings is 1. The van der Waals surface area contributed by atoms with Crippen molar-refractivity contribution >= 4 is 15.9 Å². The van der Waals surface area contributed by atoms with Gasteiger partial charge < -0.3 is 4.74 Å². The van der Waals surface area contributed by atoms with Gasteiger partial charge in [-0.05, 0) is 24.6 Å². The second-order valence-corrected chi connectivity index (χ2v) is 5.92. The summed E-state index contributed by atoms with van der Waals surface area (Å²) in [5, 5.41) is 0. The Hall–Kier alpha value is -0.520. The van der Waals surface area contributed by atoms with E-state index in [2.05, 4.69) is 20.8 Å². The summed E-state index contributed by atoms with van der Waals surface area (Å²) in [7, 11) is 0. The minimum absolute atomic E-state index is 0.166. The van der Waals surface area contributed by atoms with Crippen molar-refractivity contribution in [2.75, 3.05) is 26.3 Å². The van der Waals surface area contributed by atoms with Gasteiger partial charge in [0.1, 0.15) is 5.82 Å². The Bertz CT molecular complexity index is 466. The Balaban J connectivity index is 1.84. The normalized spacial score (nSPS) is 29.5. The fourth-order valence-corrected chi connectivity index (χ4v) is 2.97. The number of likely N-dealkylation sites (tertiary alicyclic amines) is 1. The van der Waals surface area contributed by atoms with Crippen molar-refractivity contribution in [3.63, 3.8) is 0 Å². The summed E-state index contributed by atoms with van der Waals surface area (Å²) in [4.78, 5) is 2.06. The summed E-state index contributed by atoms with van der Waals surface area (Å²) < 4.78 is 34.5. The molecule has 0 unspecified atom stereocenters. The maximum atomic E-state index is 14.9. The van der Waals surface area contributed by atoms with Crippen LogP contribution >= 0.6 is 15.9 Å². The van der Waals surface area contributed by atoms with Crippen LogP contribution in [0, 0.1) is 5.82 Å². The number of halogens is 3. The first-order valence-electron chi connectivity index (χ1n) is 6.05. The topological polar surface area (TPSA) is 12.5 Å². The summed E-state index contributed by atoms with van der Waals surface area (Å²) in [5.41, 5.74) is -1.41. The highest BCUT2D eigenvalue weighted by Gasteiger charge is 2.45. The Morgan fingerprint density at radius 3 is 2.83 bits per heavy atom. The van der Waals surface area contributed by atoms with E-state index in [1.807, 2.05) is 0 Å². The molecular formula is C13H14BrF2NO. The molecule has 2 nitrogen and oxygen atoms in total. The minimum Gasteiger partial charge on any atom is -0.378 e. The molecule has 2 aliphatic heterocycles. The number of alkyl halides is 1. The predicted molar refractivity (Wildman–Crippen MR) is 67.7 cm³/mol. The molecule has 0 aliphatic carbocycles. The van der Waals surface area contributed by atoms with Crippen LogP contribution in [-0.2, 0) is 10.4 Å².